The lowest BCUT2D eigenvalue weighted by molar-refractivity contribution is 0.938. The maximum atomic E-state index is 5.90. The summed E-state index contributed by atoms with van der Waals surface area (Å²) >= 11 is 0. The summed E-state index contributed by atoms with van der Waals surface area (Å²) in [5, 5.41) is 9.13. The number of fused-ring (bicyclic) bond motifs is 2. The van der Waals surface area contributed by atoms with E-state index in [-0.39, 0.29) is 5.95 Å². The topological polar surface area (TPSA) is 101 Å². The molecule has 0 atom stereocenters. The maximum absolute atomic E-state index is 5.90. The van der Waals surface area contributed by atoms with Crippen LogP contribution in [0.4, 0.5) is 17.6 Å². The van der Waals surface area contributed by atoms with Gasteiger partial charge in [0.25, 0.3) is 0 Å². The first-order valence-corrected chi connectivity index (χ1v) is 10.6. The van der Waals surface area contributed by atoms with Crippen LogP contribution in [-0.4, -0.2) is 21.4 Å². The normalized spacial score (nSPS) is 17.8. The summed E-state index contributed by atoms with van der Waals surface area (Å²) in [5.74, 6) is 1.28. The molecule has 7 nitrogen and oxygen atoms in total. The van der Waals surface area contributed by atoms with Gasteiger partial charge in [-0.3, -0.25) is 10.9 Å². The van der Waals surface area contributed by atoms with E-state index < -0.39 is 0 Å². The van der Waals surface area contributed by atoms with E-state index in [0.717, 1.165) is 49.9 Å². The average molecular weight is 412 g/mol. The number of nitrogens with one attached hydrogen (secondary N) is 2. The van der Waals surface area contributed by atoms with E-state index in [4.69, 9.17) is 5.73 Å². The van der Waals surface area contributed by atoms with Crippen molar-refractivity contribution in [2.24, 2.45) is 10.2 Å². The van der Waals surface area contributed by atoms with Gasteiger partial charge in [-0.2, -0.15) is 20.2 Å². The Kier molecular flexibility index (Phi) is 5.31. The van der Waals surface area contributed by atoms with Crippen molar-refractivity contribution in [3.8, 4) is 0 Å². The van der Waals surface area contributed by atoms with Crippen LogP contribution in [0, 0.1) is 0 Å². The van der Waals surface area contributed by atoms with Gasteiger partial charge in [-0.1, -0.05) is 48.5 Å². The molecule has 0 radical (unpaired) electrons. The third-order valence-electron chi connectivity index (χ3n) is 5.79. The van der Waals surface area contributed by atoms with Crippen molar-refractivity contribution in [1.82, 2.24) is 9.97 Å². The van der Waals surface area contributed by atoms with E-state index in [9.17, 15) is 0 Å². The van der Waals surface area contributed by atoms with Crippen LogP contribution in [0.1, 0.15) is 35.1 Å². The van der Waals surface area contributed by atoms with Crippen molar-refractivity contribution >= 4 is 29.0 Å². The number of aryl methyl sites for hydroxylation is 2. The molecule has 1 aromatic heterocycles. The molecule has 7 heteroatoms. The van der Waals surface area contributed by atoms with Crippen molar-refractivity contribution in [3.05, 3.63) is 76.9 Å². The lowest BCUT2D eigenvalue weighted by Crippen LogP contribution is -2.16. The van der Waals surface area contributed by atoms with E-state index in [1.165, 1.54) is 22.3 Å². The summed E-state index contributed by atoms with van der Waals surface area (Å²) in [6, 6.07) is 18.8. The summed E-state index contributed by atoms with van der Waals surface area (Å²) in [4.78, 5) is 8.49. The first-order chi connectivity index (χ1) is 15.2. The molecule has 0 fully saturated rings. The Morgan fingerprint density at radius 1 is 0.645 bits per heavy atom. The van der Waals surface area contributed by atoms with Crippen LogP contribution >= 0.6 is 0 Å². The summed E-state index contributed by atoms with van der Waals surface area (Å²) in [6.45, 7) is 0. The van der Waals surface area contributed by atoms with Gasteiger partial charge in [0.1, 0.15) is 0 Å². The molecule has 2 aromatic carbocycles. The standard InChI is InChI=1S/C24H25N7/c25-24-26-22(30-28-20-11-9-16-5-1-3-7-18(16)13-20)15-23(27-24)31-29-21-12-10-17-6-2-4-8-19(17)14-21/h1-8,15H,9-14H2,(H4,25,26,27,30,31)/b28-20+,29-21+. The highest BCUT2D eigenvalue weighted by Gasteiger charge is 2.15. The van der Waals surface area contributed by atoms with Gasteiger partial charge >= 0.3 is 0 Å². The van der Waals surface area contributed by atoms with Crippen molar-refractivity contribution in [2.45, 2.75) is 38.5 Å². The number of hydrazone groups is 2. The zero-order valence-corrected chi connectivity index (χ0v) is 17.3. The van der Waals surface area contributed by atoms with Crippen LogP contribution < -0.4 is 16.6 Å². The Morgan fingerprint density at radius 3 is 1.58 bits per heavy atom. The molecule has 2 aliphatic rings. The second-order valence-electron chi connectivity index (χ2n) is 7.97. The van der Waals surface area contributed by atoms with E-state index >= 15 is 0 Å². The summed E-state index contributed by atoms with van der Waals surface area (Å²) in [6.07, 6.45) is 5.59. The van der Waals surface area contributed by atoms with Crippen molar-refractivity contribution in [2.75, 3.05) is 16.6 Å². The average Bonchev–Trinajstić information content (AvgIpc) is 2.81. The number of anilines is 3. The predicted octanol–water partition coefficient (Wildman–Crippen LogP) is 3.97. The van der Waals surface area contributed by atoms with Gasteiger partial charge in [0.2, 0.25) is 5.95 Å². The maximum Gasteiger partial charge on any atom is 0.224 e. The van der Waals surface area contributed by atoms with Gasteiger partial charge in [-0.15, -0.1) is 0 Å². The molecular formula is C24H25N7. The molecule has 31 heavy (non-hydrogen) atoms. The van der Waals surface area contributed by atoms with Crippen molar-refractivity contribution < 1.29 is 0 Å². The Bertz CT molecular complexity index is 1080. The Morgan fingerprint density at radius 2 is 1.10 bits per heavy atom. The highest BCUT2D eigenvalue weighted by molar-refractivity contribution is 5.89. The molecule has 1 heterocycles. The Hall–Kier alpha value is -3.74. The monoisotopic (exact) mass is 411 g/mol. The first-order valence-electron chi connectivity index (χ1n) is 10.6. The van der Waals surface area contributed by atoms with E-state index in [0.29, 0.717) is 11.6 Å². The molecule has 0 saturated heterocycles. The number of aromatic nitrogens is 2. The molecule has 0 unspecified atom stereocenters. The van der Waals surface area contributed by atoms with Gasteiger partial charge in [-0.25, -0.2) is 0 Å². The minimum absolute atomic E-state index is 0.177. The highest BCUT2D eigenvalue weighted by Crippen LogP contribution is 2.21. The molecule has 3 aromatic rings. The van der Waals surface area contributed by atoms with Gasteiger partial charge in [-0.05, 0) is 47.9 Å². The van der Waals surface area contributed by atoms with Crippen LogP contribution in [0.25, 0.3) is 0 Å². The largest absolute Gasteiger partial charge is 0.368 e. The number of nitrogen functional groups attached to an aromatic ring is 1. The number of benzene rings is 2. The van der Waals surface area contributed by atoms with Gasteiger partial charge in [0, 0.05) is 30.3 Å². The van der Waals surface area contributed by atoms with Gasteiger partial charge < -0.3 is 5.73 Å². The molecule has 2 aliphatic carbocycles. The van der Waals surface area contributed by atoms with Gasteiger partial charge in [0.15, 0.2) is 11.6 Å². The number of nitrogens with two attached hydrogens (primary N) is 1. The van der Waals surface area contributed by atoms with Crippen molar-refractivity contribution in [3.63, 3.8) is 0 Å². The predicted molar refractivity (Wildman–Crippen MR) is 125 cm³/mol. The Balaban J connectivity index is 1.26. The first kappa shape index (κ1) is 19.2. The zero-order valence-electron chi connectivity index (χ0n) is 17.3. The third kappa shape index (κ3) is 4.55. The summed E-state index contributed by atoms with van der Waals surface area (Å²) in [5.41, 5.74) is 19.7. The molecule has 5 rings (SSSR count). The van der Waals surface area contributed by atoms with Gasteiger partial charge in [0.05, 0.1) is 0 Å². The SMILES string of the molecule is Nc1nc(N/N=C2\CCc3ccccc3C2)cc(N/N=C2\CCc3ccccc3C2)n1. The van der Waals surface area contributed by atoms with Crippen LogP contribution in [0.3, 0.4) is 0 Å². The highest BCUT2D eigenvalue weighted by atomic mass is 15.4. The van der Waals surface area contributed by atoms with E-state index in [2.05, 4.69) is 79.6 Å². The zero-order chi connectivity index (χ0) is 21.0. The van der Waals surface area contributed by atoms with Crippen LogP contribution in [-0.2, 0) is 25.7 Å². The van der Waals surface area contributed by atoms with E-state index in [1.807, 2.05) is 0 Å². The fourth-order valence-corrected chi connectivity index (χ4v) is 4.17. The van der Waals surface area contributed by atoms with Crippen LogP contribution in [0.15, 0.2) is 64.8 Å². The Labute approximate surface area is 181 Å². The minimum atomic E-state index is 0.177. The lowest BCUT2D eigenvalue weighted by Gasteiger charge is -2.17. The van der Waals surface area contributed by atoms with Crippen molar-refractivity contribution in [1.29, 1.82) is 0 Å². The molecule has 156 valence electrons. The molecule has 0 saturated carbocycles. The molecule has 0 amide bonds. The molecular weight excluding hydrogens is 386 g/mol. The fraction of sp³-hybridized carbons (Fsp3) is 0.250. The molecule has 0 spiro atoms. The summed E-state index contributed by atoms with van der Waals surface area (Å²) in [7, 11) is 0. The second-order valence-corrected chi connectivity index (χ2v) is 7.97. The number of hydrogen-bond acceptors (Lipinski definition) is 7. The number of rotatable bonds is 4. The number of hydrogen-bond donors (Lipinski definition) is 3. The fourth-order valence-electron chi connectivity index (χ4n) is 4.17. The minimum Gasteiger partial charge on any atom is -0.368 e. The quantitative estimate of drug-likeness (QED) is 0.564. The van der Waals surface area contributed by atoms with Crippen LogP contribution in [0.2, 0.25) is 0 Å². The lowest BCUT2D eigenvalue weighted by atomic mass is 9.90. The van der Waals surface area contributed by atoms with Crippen LogP contribution in [0.5, 0.6) is 0 Å². The second kappa shape index (κ2) is 8.55. The van der Waals surface area contributed by atoms with E-state index in [1.54, 1.807) is 6.07 Å². The smallest absolute Gasteiger partial charge is 0.224 e. The number of nitrogens with zero attached hydrogens (tertiary/aromatic N) is 4. The summed E-state index contributed by atoms with van der Waals surface area (Å²) < 4.78 is 0. The molecule has 0 aliphatic heterocycles. The molecule has 0 bridgehead atoms. The third-order valence-corrected chi connectivity index (χ3v) is 5.79. The molecule has 4 N–H and O–H groups in total.